The molecule has 0 saturated heterocycles. The van der Waals surface area contributed by atoms with Gasteiger partial charge in [-0.3, -0.25) is 4.79 Å². The Morgan fingerprint density at radius 3 is 1.97 bits per heavy atom. The van der Waals surface area contributed by atoms with E-state index in [1.807, 2.05) is 83.4 Å². The van der Waals surface area contributed by atoms with Gasteiger partial charge in [-0.25, -0.2) is 0 Å². The average molecular weight is 635 g/mol. The van der Waals surface area contributed by atoms with E-state index in [2.05, 4.69) is 16.3 Å². The van der Waals surface area contributed by atoms with Gasteiger partial charge in [0.15, 0.2) is 11.6 Å². The van der Waals surface area contributed by atoms with Crippen LogP contribution in [0.25, 0.3) is 28.5 Å². The summed E-state index contributed by atoms with van der Waals surface area (Å²) in [5, 5.41) is 26.0. The van der Waals surface area contributed by atoms with Crippen LogP contribution in [-0.4, -0.2) is 43.0 Å². The van der Waals surface area contributed by atoms with E-state index in [4.69, 9.17) is 10.2 Å². The predicted molar refractivity (Wildman–Crippen MR) is 129 cm³/mol. The molecule has 2 unspecified atom stereocenters. The maximum absolute atomic E-state index is 11.6. The summed E-state index contributed by atoms with van der Waals surface area (Å²) in [6, 6.07) is 28.3. The van der Waals surface area contributed by atoms with Gasteiger partial charge in [0.1, 0.15) is 0 Å². The molecule has 4 rings (SSSR count). The van der Waals surface area contributed by atoms with Crippen LogP contribution in [0.3, 0.4) is 0 Å². The third-order valence-electron chi connectivity index (χ3n) is 4.86. The minimum atomic E-state index is -0.375. The maximum atomic E-state index is 11.6. The van der Waals surface area contributed by atoms with E-state index in [1.54, 1.807) is 20.8 Å². The molecular formula is C27H28IrN3O3-. The van der Waals surface area contributed by atoms with Gasteiger partial charge in [0, 0.05) is 36.9 Å². The fourth-order valence-corrected chi connectivity index (χ4v) is 3.35. The van der Waals surface area contributed by atoms with Crippen LogP contribution in [0.1, 0.15) is 37.6 Å². The standard InChI is InChI=1S/C22H16N3O.C5H12O2.Ir/c1-16(26)17-12-14-20(15-13-17)25-21(18-8-4-2-5-9-18)23-24-22(25)19-10-6-3-7-11-19;1-4(6)3-5(2)7;/h2-10,12-15H,1H3;4-7H,3H2,1-2H3;/q-1;;. The SMILES string of the molecule is CC(=O)c1ccc(-n2c(-c3[c-]cccc3)nnc2-c2ccccc2)cc1.CC(O)CC(C)O.[Ir]. The number of aliphatic hydroxyl groups is 2. The van der Waals surface area contributed by atoms with Crippen LogP contribution in [0.15, 0.2) is 78.9 Å². The third-order valence-corrected chi connectivity index (χ3v) is 4.86. The second-order valence-corrected chi connectivity index (χ2v) is 7.86. The van der Waals surface area contributed by atoms with Crippen molar-refractivity contribution in [2.75, 3.05) is 0 Å². The number of Topliss-reactive ketones (excluding diaryl/α,β-unsaturated/α-hetero) is 1. The molecule has 0 aliphatic carbocycles. The number of benzene rings is 3. The molecule has 1 aromatic heterocycles. The zero-order chi connectivity index (χ0) is 23.8. The topological polar surface area (TPSA) is 88.2 Å². The van der Waals surface area contributed by atoms with Gasteiger partial charge in [0.25, 0.3) is 0 Å². The molecule has 1 radical (unpaired) electrons. The van der Waals surface area contributed by atoms with Crippen LogP contribution in [0, 0.1) is 6.07 Å². The van der Waals surface area contributed by atoms with E-state index >= 15 is 0 Å². The Bertz CT molecular complexity index is 1100. The number of hydrogen-bond acceptors (Lipinski definition) is 5. The van der Waals surface area contributed by atoms with Crippen LogP contribution in [0.4, 0.5) is 0 Å². The minimum Gasteiger partial charge on any atom is -0.393 e. The molecule has 0 aliphatic heterocycles. The number of ketones is 1. The zero-order valence-electron chi connectivity index (χ0n) is 19.3. The summed E-state index contributed by atoms with van der Waals surface area (Å²) in [4.78, 5) is 11.6. The third kappa shape index (κ3) is 7.27. The molecule has 0 aliphatic rings. The summed E-state index contributed by atoms with van der Waals surface area (Å²) in [6.45, 7) is 4.88. The molecule has 2 N–H and O–H groups in total. The number of aliphatic hydroxyl groups excluding tert-OH is 2. The minimum absolute atomic E-state index is 0. The van der Waals surface area contributed by atoms with Crippen molar-refractivity contribution in [3.05, 3.63) is 90.5 Å². The van der Waals surface area contributed by atoms with E-state index < -0.39 is 0 Å². The molecule has 0 bridgehead atoms. The van der Waals surface area contributed by atoms with Crippen molar-refractivity contribution in [2.45, 2.75) is 39.4 Å². The normalized spacial score (nSPS) is 12.0. The molecule has 2 atom stereocenters. The molecule has 0 amide bonds. The second kappa shape index (κ2) is 13.1. The van der Waals surface area contributed by atoms with Crippen molar-refractivity contribution >= 4 is 5.78 Å². The number of hydrogen-bond donors (Lipinski definition) is 2. The molecule has 1 heterocycles. The first-order chi connectivity index (χ1) is 15.9. The summed E-state index contributed by atoms with van der Waals surface area (Å²) in [6.07, 6.45) is -0.278. The van der Waals surface area contributed by atoms with Crippen molar-refractivity contribution in [1.82, 2.24) is 14.8 Å². The van der Waals surface area contributed by atoms with E-state index in [-0.39, 0.29) is 38.1 Å². The predicted octanol–water partition coefficient (Wildman–Crippen LogP) is 4.74. The summed E-state index contributed by atoms with van der Waals surface area (Å²) < 4.78 is 1.99. The van der Waals surface area contributed by atoms with Crippen LogP contribution in [0.2, 0.25) is 0 Å². The largest absolute Gasteiger partial charge is 0.393 e. The zero-order valence-corrected chi connectivity index (χ0v) is 21.7. The molecule has 7 heteroatoms. The van der Waals surface area contributed by atoms with Crippen LogP contribution >= 0.6 is 0 Å². The smallest absolute Gasteiger partial charge is 0.159 e. The van der Waals surface area contributed by atoms with Gasteiger partial charge >= 0.3 is 0 Å². The molecule has 4 aromatic rings. The number of rotatable bonds is 6. The monoisotopic (exact) mass is 635 g/mol. The van der Waals surface area contributed by atoms with Gasteiger partial charge in [0.2, 0.25) is 0 Å². The fraction of sp³-hybridized carbons (Fsp3) is 0.222. The molecule has 179 valence electrons. The fourth-order valence-electron chi connectivity index (χ4n) is 3.35. The molecule has 3 aromatic carbocycles. The Labute approximate surface area is 213 Å². The number of nitrogens with zero attached hydrogens (tertiary/aromatic N) is 3. The van der Waals surface area contributed by atoms with Crippen molar-refractivity contribution in [2.24, 2.45) is 0 Å². The van der Waals surface area contributed by atoms with Gasteiger partial charge < -0.3 is 14.8 Å². The van der Waals surface area contributed by atoms with E-state index in [9.17, 15) is 4.79 Å². The summed E-state index contributed by atoms with van der Waals surface area (Å²) in [5.41, 5.74) is 3.40. The van der Waals surface area contributed by atoms with E-state index in [1.165, 1.54) is 0 Å². The molecule has 34 heavy (non-hydrogen) atoms. The maximum Gasteiger partial charge on any atom is 0.159 e. The van der Waals surface area contributed by atoms with Gasteiger partial charge in [-0.05, 0) is 51.5 Å². The Balaban J connectivity index is 0.000000449. The van der Waals surface area contributed by atoms with Crippen LogP contribution in [-0.2, 0) is 20.1 Å². The van der Waals surface area contributed by atoms with Crippen molar-refractivity contribution in [3.8, 4) is 28.5 Å². The van der Waals surface area contributed by atoms with Crippen molar-refractivity contribution in [3.63, 3.8) is 0 Å². The van der Waals surface area contributed by atoms with Gasteiger partial charge in [-0.15, -0.1) is 41.0 Å². The molecule has 0 fully saturated rings. The first-order valence-electron chi connectivity index (χ1n) is 10.8. The number of carbonyl (C=O) groups is 1. The number of carbonyl (C=O) groups excluding carboxylic acids is 1. The second-order valence-electron chi connectivity index (χ2n) is 7.86. The van der Waals surface area contributed by atoms with Gasteiger partial charge in [-0.1, -0.05) is 30.3 Å². The Kier molecular flexibility index (Phi) is 10.5. The van der Waals surface area contributed by atoms with E-state index in [0.29, 0.717) is 17.8 Å². The molecular weight excluding hydrogens is 607 g/mol. The Morgan fingerprint density at radius 2 is 1.47 bits per heavy atom. The van der Waals surface area contributed by atoms with E-state index in [0.717, 1.165) is 22.6 Å². The number of aromatic nitrogens is 3. The first kappa shape index (κ1) is 27.3. The van der Waals surface area contributed by atoms with Crippen LogP contribution < -0.4 is 0 Å². The molecule has 0 saturated carbocycles. The quantitative estimate of drug-likeness (QED) is 0.237. The summed E-state index contributed by atoms with van der Waals surface area (Å²) in [5.74, 6) is 1.49. The Morgan fingerprint density at radius 1 is 0.882 bits per heavy atom. The molecule has 6 nitrogen and oxygen atoms in total. The van der Waals surface area contributed by atoms with Gasteiger partial charge in [-0.2, -0.15) is 5.10 Å². The van der Waals surface area contributed by atoms with Crippen molar-refractivity contribution < 1.29 is 35.1 Å². The summed E-state index contributed by atoms with van der Waals surface area (Å²) in [7, 11) is 0. The van der Waals surface area contributed by atoms with Crippen molar-refractivity contribution in [1.29, 1.82) is 0 Å². The first-order valence-corrected chi connectivity index (χ1v) is 10.8. The molecule has 0 spiro atoms. The van der Waals surface area contributed by atoms with Gasteiger partial charge in [0.05, 0.1) is 18.0 Å². The summed E-state index contributed by atoms with van der Waals surface area (Å²) >= 11 is 0. The Hall–Kier alpha value is -2.96. The average Bonchev–Trinajstić information content (AvgIpc) is 3.25. The van der Waals surface area contributed by atoms with Crippen LogP contribution in [0.5, 0.6) is 0 Å².